The minimum absolute atomic E-state index is 0.187. The van der Waals surface area contributed by atoms with Crippen LogP contribution < -0.4 is 10.3 Å². The number of fused-ring (bicyclic) bond motifs is 1. The van der Waals surface area contributed by atoms with E-state index in [2.05, 4.69) is 4.98 Å². The van der Waals surface area contributed by atoms with E-state index in [1.54, 1.807) is 12.1 Å². The monoisotopic (exact) mass is 298 g/mol. The predicted octanol–water partition coefficient (Wildman–Crippen LogP) is 2.38. The molecule has 2 aromatic rings. The normalized spacial score (nSPS) is 16.4. The van der Waals surface area contributed by atoms with Crippen molar-refractivity contribution in [2.75, 3.05) is 31.2 Å². The van der Waals surface area contributed by atoms with E-state index in [1.807, 2.05) is 4.90 Å². The maximum Gasteiger partial charge on any atom is 0.431 e. The van der Waals surface area contributed by atoms with Crippen molar-refractivity contribution in [3.8, 4) is 0 Å². The van der Waals surface area contributed by atoms with Crippen LogP contribution >= 0.6 is 0 Å². The molecule has 3 rings (SSSR count). The van der Waals surface area contributed by atoms with Gasteiger partial charge in [0.05, 0.1) is 13.2 Å². The summed E-state index contributed by atoms with van der Waals surface area (Å²) in [5, 5.41) is 0.256. The largest absolute Gasteiger partial charge is 0.431 e. The second kappa shape index (κ2) is 5.07. The van der Waals surface area contributed by atoms with E-state index in [0.29, 0.717) is 32.4 Å². The number of aromatic nitrogens is 1. The molecule has 0 spiro atoms. The summed E-state index contributed by atoms with van der Waals surface area (Å²) in [6.45, 7) is 2.59. The minimum Gasteiger partial charge on any atom is -0.378 e. The molecule has 0 radical (unpaired) electrons. The number of halogens is 3. The first kappa shape index (κ1) is 13.9. The molecule has 7 heteroatoms. The second-order valence-electron chi connectivity index (χ2n) is 4.87. The molecule has 0 unspecified atom stereocenters. The van der Waals surface area contributed by atoms with E-state index in [1.165, 1.54) is 6.07 Å². The Morgan fingerprint density at radius 2 is 1.86 bits per heavy atom. The van der Waals surface area contributed by atoms with Crippen molar-refractivity contribution in [2.24, 2.45) is 0 Å². The van der Waals surface area contributed by atoms with E-state index in [-0.39, 0.29) is 10.9 Å². The van der Waals surface area contributed by atoms with Crippen LogP contribution in [0.5, 0.6) is 0 Å². The number of hydrogen-bond acceptors (Lipinski definition) is 3. The average Bonchev–Trinajstić information content (AvgIpc) is 2.47. The summed E-state index contributed by atoms with van der Waals surface area (Å²) in [7, 11) is 0. The topological polar surface area (TPSA) is 45.3 Å². The highest BCUT2D eigenvalue weighted by Gasteiger charge is 2.32. The number of benzene rings is 1. The molecular weight excluding hydrogens is 285 g/mol. The van der Waals surface area contributed by atoms with Gasteiger partial charge in [-0.3, -0.25) is 4.79 Å². The molecule has 1 N–H and O–H groups in total. The third kappa shape index (κ3) is 2.73. The Hall–Kier alpha value is -2.02. The highest BCUT2D eigenvalue weighted by Crippen LogP contribution is 2.28. The number of H-pyrrole nitrogens is 1. The summed E-state index contributed by atoms with van der Waals surface area (Å²) < 4.78 is 43.3. The molecule has 1 aliphatic heterocycles. The molecule has 0 saturated carbocycles. The van der Waals surface area contributed by atoms with Crippen LogP contribution in [0.15, 0.2) is 29.1 Å². The first-order valence-corrected chi connectivity index (χ1v) is 6.52. The van der Waals surface area contributed by atoms with Crippen LogP contribution in [0.2, 0.25) is 0 Å². The van der Waals surface area contributed by atoms with Gasteiger partial charge in [0.1, 0.15) is 5.69 Å². The molecule has 0 bridgehead atoms. The maximum absolute atomic E-state index is 12.7. The molecule has 1 aromatic carbocycles. The highest BCUT2D eigenvalue weighted by atomic mass is 19.4. The lowest BCUT2D eigenvalue weighted by Gasteiger charge is -2.29. The summed E-state index contributed by atoms with van der Waals surface area (Å²) in [5.74, 6) is 0. The van der Waals surface area contributed by atoms with Gasteiger partial charge in [0.15, 0.2) is 5.43 Å². The zero-order valence-corrected chi connectivity index (χ0v) is 11.0. The number of pyridine rings is 1. The molecule has 4 nitrogen and oxygen atoms in total. The van der Waals surface area contributed by atoms with Crippen molar-refractivity contribution >= 4 is 16.6 Å². The Kier molecular flexibility index (Phi) is 3.36. The van der Waals surface area contributed by atoms with Crippen molar-refractivity contribution in [1.82, 2.24) is 4.98 Å². The first-order chi connectivity index (χ1) is 9.95. The molecule has 1 aliphatic rings. The van der Waals surface area contributed by atoms with Gasteiger partial charge in [0.2, 0.25) is 0 Å². The molecule has 0 atom stereocenters. The number of nitrogens with zero attached hydrogens (tertiary/aromatic N) is 1. The predicted molar refractivity (Wildman–Crippen MR) is 72.6 cm³/mol. The fraction of sp³-hybridized carbons (Fsp3) is 0.357. The number of aromatic amines is 1. The third-order valence-electron chi connectivity index (χ3n) is 3.50. The van der Waals surface area contributed by atoms with Gasteiger partial charge in [-0.1, -0.05) is 0 Å². The quantitative estimate of drug-likeness (QED) is 0.879. The summed E-state index contributed by atoms with van der Waals surface area (Å²) >= 11 is 0. The number of morpholine rings is 1. The van der Waals surface area contributed by atoms with Crippen LogP contribution in [0.1, 0.15) is 5.69 Å². The van der Waals surface area contributed by atoms with Crippen LogP contribution in [0.25, 0.3) is 10.9 Å². The van der Waals surface area contributed by atoms with Crippen LogP contribution in [0, 0.1) is 0 Å². The van der Waals surface area contributed by atoms with Gasteiger partial charge in [-0.25, -0.2) is 0 Å². The van der Waals surface area contributed by atoms with Gasteiger partial charge in [0.25, 0.3) is 0 Å². The summed E-state index contributed by atoms with van der Waals surface area (Å²) in [4.78, 5) is 16.2. The second-order valence-corrected chi connectivity index (χ2v) is 4.87. The Balaban J connectivity index is 2.06. The Morgan fingerprint density at radius 1 is 1.14 bits per heavy atom. The molecule has 1 aromatic heterocycles. The minimum atomic E-state index is -4.56. The van der Waals surface area contributed by atoms with Crippen molar-refractivity contribution < 1.29 is 17.9 Å². The standard InChI is InChI=1S/C14H13F3N2O2/c15-14(16,17)13-8-12(20)10-7-9(1-2-11(10)18-13)19-3-5-21-6-4-19/h1-2,7-8H,3-6H2,(H,18,20). The number of nitrogens with one attached hydrogen (secondary N) is 1. The molecule has 112 valence electrons. The smallest absolute Gasteiger partial charge is 0.378 e. The molecular formula is C14H13F3N2O2. The van der Waals surface area contributed by atoms with E-state index >= 15 is 0 Å². The molecule has 2 heterocycles. The summed E-state index contributed by atoms with van der Waals surface area (Å²) in [6.07, 6.45) is -4.56. The van der Waals surface area contributed by atoms with Crippen molar-refractivity contribution in [2.45, 2.75) is 6.18 Å². The van der Waals surface area contributed by atoms with Crippen molar-refractivity contribution in [3.05, 3.63) is 40.2 Å². The number of rotatable bonds is 1. The van der Waals surface area contributed by atoms with Crippen LogP contribution in [-0.2, 0) is 10.9 Å². The van der Waals surface area contributed by atoms with E-state index < -0.39 is 17.3 Å². The zero-order chi connectivity index (χ0) is 15.0. The first-order valence-electron chi connectivity index (χ1n) is 6.52. The lowest BCUT2D eigenvalue weighted by Crippen LogP contribution is -2.36. The SMILES string of the molecule is O=c1cc(C(F)(F)F)[nH]c2ccc(N3CCOCC3)cc12. The molecule has 0 aliphatic carbocycles. The molecule has 21 heavy (non-hydrogen) atoms. The van der Waals surface area contributed by atoms with Crippen molar-refractivity contribution in [1.29, 1.82) is 0 Å². The van der Waals surface area contributed by atoms with Crippen LogP contribution in [-0.4, -0.2) is 31.3 Å². The van der Waals surface area contributed by atoms with Crippen LogP contribution in [0.4, 0.5) is 18.9 Å². The number of alkyl halides is 3. The highest BCUT2D eigenvalue weighted by molar-refractivity contribution is 5.82. The molecule has 1 saturated heterocycles. The third-order valence-corrected chi connectivity index (χ3v) is 3.50. The van der Waals surface area contributed by atoms with Gasteiger partial charge in [-0.05, 0) is 18.2 Å². The van der Waals surface area contributed by atoms with Gasteiger partial charge in [-0.2, -0.15) is 13.2 Å². The summed E-state index contributed by atoms with van der Waals surface area (Å²) in [5.41, 5.74) is -0.659. The summed E-state index contributed by atoms with van der Waals surface area (Å²) in [6, 6.07) is 5.45. The lowest BCUT2D eigenvalue weighted by molar-refractivity contribution is -0.141. The molecule has 1 fully saturated rings. The lowest BCUT2D eigenvalue weighted by atomic mass is 10.1. The Morgan fingerprint density at radius 3 is 2.52 bits per heavy atom. The average molecular weight is 298 g/mol. The van der Waals surface area contributed by atoms with Gasteiger partial charge >= 0.3 is 6.18 Å². The fourth-order valence-electron chi connectivity index (χ4n) is 2.41. The zero-order valence-electron chi connectivity index (χ0n) is 11.0. The Labute approximate surface area is 118 Å². The van der Waals surface area contributed by atoms with E-state index in [4.69, 9.17) is 4.74 Å². The number of anilines is 1. The van der Waals surface area contributed by atoms with E-state index in [0.717, 1.165) is 5.69 Å². The van der Waals surface area contributed by atoms with Gasteiger partial charge in [-0.15, -0.1) is 0 Å². The van der Waals surface area contributed by atoms with E-state index in [9.17, 15) is 18.0 Å². The Bertz CT molecular complexity index is 718. The number of hydrogen-bond donors (Lipinski definition) is 1. The fourth-order valence-corrected chi connectivity index (χ4v) is 2.41. The number of ether oxygens (including phenoxy) is 1. The molecule has 0 amide bonds. The van der Waals surface area contributed by atoms with Gasteiger partial charge in [0, 0.05) is 35.7 Å². The van der Waals surface area contributed by atoms with Gasteiger partial charge < -0.3 is 14.6 Å². The van der Waals surface area contributed by atoms with Crippen LogP contribution in [0.3, 0.4) is 0 Å². The maximum atomic E-state index is 12.7. The van der Waals surface area contributed by atoms with Crippen molar-refractivity contribution in [3.63, 3.8) is 0 Å².